The number of aromatic carboxylic acids is 1. The predicted molar refractivity (Wildman–Crippen MR) is 123 cm³/mol. The number of aromatic nitrogens is 4. The average Bonchev–Trinajstić information content (AvgIpc) is 3.33. The Labute approximate surface area is 197 Å². The number of aryl methyl sites for hydroxylation is 1. The number of thiazole rings is 1. The lowest BCUT2D eigenvalue weighted by atomic mass is 10.2. The Balaban J connectivity index is 1.55. The third-order valence-electron chi connectivity index (χ3n) is 5.49. The second-order valence-electron chi connectivity index (χ2n) is 7.82. The average molecular weight is 481 g/mol. The third-order valence-corrected chi connectivity index (χ3v) is 6.55. The van der Waals surface area contributed by atoms with Crippen LogP contribution < -0.4 is 20.4 Å². The van der Waals surface area contributed by atoms with Crippen molar-refractivity contribution in [3.8, 4) is 0 Å². The van der Waals surface area contributed by atoms with E-state index in [0.717, 1.165) is 16.9 Å². The number of anilines is 4. The highest BCUT2D eigenvalue weighted by molar-refractivity contribution is 7.17. The minimum atomic E-state index is -1.06. The van der Waals surface area contributed by atoms with E-state index in [1.807, 2.05) is 17.0 Å². The Kier molecular flexibility index (Phi) is 5.53. The predicted octanol–water partition coefficient (Wildman–Crippen LogP) is 1.10. The van der Waals surface area contributed by atoms with Crippen LogP contribution in [0.3, 0.4) is 0 Å². The van der Waals surface area contributed by atoms with Crippen LogP contribution in [0.25, 0.3) is 0 Å². The standard InChI is InChI=1S/C21H20N8O4S/c1-11-16(19(32)33)34-21(24-11)27-20-25-17(28-7-6-23-14(30)10-28)13-8-15(31)29(18(13)26-20)9-12-2-4-22-5-3-12/h2-5H,6-10H2,1H3,(H,23,30)(H,32,33)(H,24,25,26,27). The van der Waals surface area contributed by atoms with Gasteiger partial charge in [0.1, 0.15) is 16.5 Å². The second-order valence-corrected chi connectivity index (χ2v) is 8.82. The maximum atomic E-state index is 13.0. The smallest absolute Gasteiger partial charge is 0.347 e. The van der Waals surface area contributed by atoms with Gasteiger partial charge < -0.3 is 15.3 Å². The molecule has 174 valence electrons. The van der Waals surface area contributed by atoms with E-state index in [1.54, 1.807) is 24.2 Å². The first-order valence-corrected chi connectivity index (χ1v) is 11.3. The van der Waals surface area contributed by atoms with E-state index in [0.29, 0.717) is 47.7 Å². The number of carboxylic acids is 1. The van der Waals surface area contributed by atoms with Gasteiger partial charge in [0.2, 0.25) is 17.8 Å². The molecule has 12 nitrogen and oxygen atoms in total. The summed E-state index contributed by atoms with van der Waals surface area (Å²) in [6.07, 6.45) is 3.44. The number of hydrogen-bond donors (Lipinski definition) is 3. The molecule has 34 heavy (non-hydrogen) atoms. The summed E-state index contributed by atoms with van der Waals surface area (Å²) < 4.78 is 0. The summed E-state index contributed by atoms with van der Waals surface area (Å²) in [4.78, 5) is 57.4. The first-order valence-electron chi connectivity index (χ1n) is 10.5. The summed E-state index contributed by atoms with van der Waals surface area (Å²) in [5.74, 6) is -0.203. The molecule has 3 N–H and O–H groups in total. The van der Waals surface area contributed by atoms with Crippen molar-refractivity contribution in [2.24, 2.45) is 0 Å². The first-order chi connectivity index (χ1) is 16.4. The molecule has 3 aromatic heterocycles. The summed E-state index contributed by atoms with van der Waals surface area (Å²) in [5, 5.41) is 15.4. The molecule has 0 spiro atoms. The van der Waals surface area contributed by atoms with E-state index in [9.17, 15) is 19.5 Å². The summed E-state index contributed by atoms with van der Waals surface area (Å²) in [5.41, 5.74) is 1.93. The van der Waals surface area contributed by atoms with Gasteiger partial charge in [-0.15, -0.1) is 0 Å². The van der Waals surface area contributed by atoms with E-state index in [4.69, 9.17) is 0 Å². The highest BCUT2D eigenvalue weighted by atomic mass is 32.1. The van der Waals surface area contributed by atoms with Crippen molar-refractivity contribution in [2.45, 2.75) is 19.9 Å². The van der Waals surface area contributed by atoms with Gasteiger partial charge in [-0.2, -0.15) is 9.97 Å². The Morgan fingerprint density at radius 3 is 2.68 bits per heavy atom. The molecule has 1 fully saturated rings. The van der Waals surface area contributed by atoms with Crippen LogP contribution in [0.4, 0.5) is 22.7 Å². The molecule has 3 aromatic rings. The maximum absolute atomic E-state index is 13.0. The third kappa shape index (κ3) is 4.12. The van der Waals surface area contributed by atoms with Gasteiger partial charge in [0.25, 0.3) is 0 Å². The largest absolute Gasteiger partial charge is 0.477 e. The zero-order valence-electron chi connectivity index (χ0n) is 18.1. The van der Waals surface area contributed by atoms with Crippen LogP contribution in [-0.4, -0.2) is 62.5 Å². The molecule has 0 aromatic carbocycles. The molecular weight excluding hydrogens is 460 g/mol. The summed E-state index contributed by atoms with van der Waals surface area (Å²) in [6, 6.07) is 3.65. The molecule has 0 aliphatic carbocycles. The second kappa shape index (κ2) is 8.67. The molecule has 5 heterocycles. The fourth-order valence-corrected chi connectivity index (χ4v) is 4.72. The summed E-state index contributed by atoms with van der Waals surface area (Å²) in [7, 11) is 0. The Morgan fingerprint density at radius 1 is 1.21 bits per heavy atom. The fourth-order valence-electron chi connectivity index (χ4n) is 3.92. The van der Waals surface area contributed by atoms with Crippen molar-refractivity contribution in [3.05, 3.63) is 46.2 Å². The highest BCUT2D eigenvalue weighted by Crippen LogP contribution is 2.37. The van der Waals surface area contributed by atoms with E-state index in [2.05, 4.69) is 30.6 Å². The monoisotopic (exact) mass is 480 g/mol. The van der Waals surface area contributed by atoms with Gasteiger partial charge in [-0.05, 0) is 24.6 Å². The number of carboxylic acid groups (broad SMARTS) is 1. The van der Waals surface area contributed by atoms with E-state index >= 15 is 0 Å². The van der Waals surface area contributed by atoms with Crippen molar-refractivity contribution in [1.29, 1.82) is 0 Å². The number of fused-ring (bicyclic) bond motifs is 1. The van der Waals surface area contributed by atoms with Crippen LogP contribution in [-0.2, 0) is 22.6 Å². The highest BCUT2D eigenvalue weighted by Gasteiger charge is 2.35. The van der Waals surface area contributed by atoms with Crippen LogP contribution >= 0.6 is 11.3 Å². The van der Waals surface area contributed by atoms with Crippen LogP contribution in [0.1, 0.15) is 26.5 Å². The van der Waals surface area contributed by atoms with Crippen molar-refractivity contribution < 1.29 is 19.5 Å². The van der Waals surface area contributed by atoms with Crippen molar-refractivity contribution in [2.75, 3.05) is 34.8 Å². The quantitative estimate of drug-likeness (QED) is 0.467. The number of nitrogens with one attached hydrogen (secondary N) is 2. The van der Waals surface area contributed by atoms with E-state index in [-0.39, 0.29) is 35.6 Å². The molecular formula is C21H20N8O4S. The molecule has 13 heteroatoms. The molecule has 0 radical (unpaired) electrons. The van der Waals surface area contributed by atoms with Crippen LogP contribution in [0.5, 0.6) is 0 Å². The van der Waals surface area contributed by atoms with Gasteiger partial charge in [-0.3, -0.25) is 24.8 Å². The lowest BCUT2D eigenvalue weighted by Crippen LogP contribution is -2.48. The number of carbonyl (C=O) groups excluding carboxylic acids is 2. The number of pyridine rings is 1. The van der Waals surface area contributed by atoms with Gasteiger partial charge in [0.15, 0.2) is 5.13 Å². The Hall–Kier alpha value is -4.13. The number of nitrogens with zero attached hydrogens (tertiary/aromatic N) is 6. The van der Waals surface area contributed by atoms with Gasteiger partial charge in [0, 0.05) is 31.0 Å². The number of hydrogen-bond acceptors (Lipinski definition) is 10. The Morgan fingerprint density at radius 2 is 1.97 bits per heavy atom. The van der Waals surface area contributed by atoms with Gasteiger partial charge in [-0.1, -0.05) is 11.3 Å². The number of rotatable bonds is 6. The molecule has 0 saturated carbocycles. The van der Waals surface area contributed by atoms with E-state index in [1.165, 1.54) is 0 Å². The summed E-state index contributed by atoms with van der Waals surface area (Å²) in [6.45, 7) is 3.03. The van der Waals surface area contributed by atoms with Crippen LogP contribution in [0.15, 0.2) is 24.5 Å². The van der Waals surface area contributed by atoms with Crippen LogP contribution in [0.2, 0.25) is 0 Å². The first kappa shape index (κ1) is 21.7. The lowest BCUT2D eigenvalue weighted by Gasteiger charge is -2.29. The van der Waals surface area contributed by atoms with Crippen molar-refractivity contribution in [1.82, 2.24) is 25.3 Å². The molecule has 0 bridgehead atoms. The zero-order valence-corrected chi connectivity index (χ0v) is 18.9. The van der Waals surface area contributed by atoms with Gasteiger partial charge >= 0.3 is 5.97 Å². The molecule has 0 atom stereocenters. The van der Waals surface area contributed by atoms with Crippen molar-refractivity contribution in [3.63, 3.8) is 0 Å². The van der Waals surface area contributed by atoms with Gasteiger partial charge in [-0.25, -0.2) is 9.78 Å². The minimum absolute atomic E-state index is 0.112. The van der Waals surface area contributed by atoms with Crippen LogP contribution in [0, 0.1) is 6.92 Å². The molecule has 0 unspecified atom stereocenters. The molecule has 2 aliphatic heterocycles. The summed E-state index contributed by atoms with van der Waals surface area (Å²) >= 11 is 0.975. The molecule has 2 amide bonds. The number of carbonyl (C=O) groups is 3. The maximum Gasteiger partial charge on any atom is 0.347 e. The minimum Gasteiger partial charge on any atom is -0.477 e. The van der Waals surface area contributed by atoms with Gasteiger partial charge in [0.05, 0.1) is 25.2 Å². The fraction of sp³-hybridized carbons (Fsp3) is 0.286. The van der Waals surface area contributed by atoms with E-state index < -0.39 is 5.97 Å². The van der Waals surface area contributed by atoms with Crippen molar-refractivity contribution >= 4 is 51.8 Å². The lowest BCUT2D eigenvalue weighted by molar-refractivity contribution is -0.120. The number of amides is 2. The SMILES string of the molecule is Cc1nc(Nc2nc(N3CCNC(=O)C3)c3c(n2)N(Cc2ccncc2)C(=O)C3)sc1C(=O)O. The molecule has 1 saturated heterocycles. The zero-order chi connectivity index (χ0) is 23.8. The normalized spacial score (nSPS) is 15.3. The number of piperazine rings is 1. The topological polar surface area (TPSA) is 154 Å². The Bertz CT molecular complexity index is 1300. The molecule has 5 rings (SSSR count). The molecule has 2 aliphatic rings.